The van der Waals surface area contributed by atoms with Crippen LogP contribution in [-0.2, 0) is 19.1 Å². The van der Waals surface area contributed by atoms with Gasteiger partial charge in [-0.25, -0.2) is 0 Å². The Hall–Kier alpha value is -0.780. The third-order valence-electron chi connectivity index (χ3n) is 10.6. The van der Waals surface area contributed by atoms with Crippen LogP contribution in [0, 0.1) is 34.5 Å². The first-order valence-electron chi connectivity index (χ1n) is 12.7. The number of hydrogen-bond acceptors (Lipinski definition) is 5. The van der Waals surface area contributed by atoms with Crippen molar-refractivity contribution < 1.29 is 24.2 Å². The van der Waals surface area contributed by atoms with Crippen LogP contribution in [0.3, 0.4) is 0 Å². The fraction of sp³-hybridized carbons (Fsp3) is 0.923. The lowest BCUT2D eigenvalue weighted by Crippen LogP contribution is -2.63. The Labute approximate surface area is 186 Å². The van der Waals surface area contributed by atoms with Crippen molar-refractivity contribution in [3.8, 4) is 0 Å². The van der Waals surface area contributed by atoms with Gasteiger partial charge in [0.25, 0.3) is 0 Å². The number of ether oxygens (including phenoxy) is 2. The molecule has 5 aliphatic rings. The molecule has 0 radical (unpaired) electrons. The predicted octanol–water partition coefficient (Wildman–Crippen LogP) is 4.44. The summed E-state index contributed by atoms with van der Waals surface area (Å²) in [6.45, 7) is 6.87. The molecule has 9 atom stereocenters. The third-order valence-corrected chi connectivity index (χ3v) is 10.6. The molecule has 4 aliphatic carbocycles. The molecule has 0 spiro atoms. The topological polar surface area (TPSA) is 72.8 Å². The number of carbonyl (C=O) groups is 2. The van der Waals surface area contributed by atoms with Crippen LogP contribution < -0.4 is 0 Å². The third kappa shape index (κ3) is 3.20. The van der Waals surface area contributed by atoms with E-state index in [0.29, 0.717) is 55.1 Å². The summed E-state index contributed by atoms with van der Waals surface area (Å²) in [6, 6.07) is 0. The molecule has 5 unspecified atom stereocenters. The maximum absolute atomic E-state index is 12.7. The van der Waals surface area contributed by atoms with Crippen molar-refractivity contribution in [2.45, 2.75) is 109 Å². The molecule has 4 saturated carbocycles. The molecule has 31 heavy (non-hydrogen) atoms. The van der Waals surface area contributed by atoms with Gasteiger partial charge < -0.3 is 14.6 Å². The Kier molecular flexibility index (Phi) is 5.42. The summed E-state index contributed by atoms with van der Waals surface area (Å²) in [6.07, 6.45) is 9.63. The molecule has 5 heteroatoms. The second kappa shape index (κ2) is 7.63. The van der Waals surface area contributed by atoms with E-state index in [1.807, 2.05) is 0 Å². The molecule has 0 amide bonds. The quantitative estimate of drug-likeness (QED) is 0.714. The van der Waals surface area contributed by atoms with E-state index < -0.39 is 11.0 Å². The highest BCUT2D eigenvalue weighted by Crippen LogP contribution is 2.68. The van der Waals surface area contributed by atoms with Crippen molar-refractivity contribution in [2.75, 3.05) is 6.61 Å². The highest BCUT2D eigenvalue weighted by Gasteiger charge is 2.68. The fourth-order valence-corrected chi connectivity index (χ4v) is 8.86. The number of Topliss-reactive ketones (excluding diaryl/α,β-unsaturated/α-hetero) is 2. The summed E-state index contributed by atoms with van der Waals surface area (Å²) >= 11 is 0. The molecule has 1 aliphatic heterocycles. The Balaban J connectivity index is 1.52. The van der Waals surface area contributed by atoms with Crippen LogP contribution in [0.5, 0.6) is 0 Å². The van der Waals surface area contributed by atoms with E-state index in [4.69, 9.17) is 9.47 Å². The average molecular weight is 433 g/mol. The van der Waals surface area contributed by atoms with E-state index in [1.165, 1.54) is 0 Å². The molecule has 0 aromatic heterocycles. The smallest absolute Gasteiger partial charge is 0.161 e. The van der Waals surface area contributed by atoms with E-state index in [-0.39, 0.29) is 23.6 Å². The van der Waals surface area contributed by atoms with Crippen LogP contribution in [-0.4, -0.2) is 41.3 Å². The van der Waals surface area contributed by atoms with Crippen molar-refractivity contribution in [3.05, 3.63) is 0 Å². The van der Waals surface area contributed by atoms with Gasteiger partial charge in [0.15, 0.2) is 12.1 Å². The lowest BCUT2D eigenvalue weighted by molar-refractivity contribution is -0.260. The van der Waals surface area contributed by atoms with Crippen LogP contribution in [0.25, 0.3) is 0 Å². The van der Waals surface area contributed by atoms with Crippen LogP contribution in [0.15, 0.2) is 0 Å². The predicted molar refractivity (Wildman–Crippen MR) is 116 cm³/mol. The Morgan fingerprint density at radius 1 is 1.13 bits per heavy atom. The van der Waals surface area contributed by atoms with Crippen molar-refractivity contribution >= 4 is 11.6 Å². The normalized spacial score (nSPS) is 52.2. The van der Waals surface area contributed by atoms with Gasteiger partial charge in [0, 0.05) is 24.9 Å². The number of fused-ring (bicyclic) bond motifs is 5. The first kappa shape index (κ1) is 22.0. The molecule has 0 bridgehead atoms. The molecule has 174 valence electrons. The number of aliphatic hydroxyl groups is 1. The summed E-state index contributed by atoms with van der Waals surface area (Å²) in [7, 11) is 0. The Morgan fingerprint density at radius 3 is 2.65 bits per heavy atom. The van der Waals surface area contributed by atoms with Gasteiger partial charge in [-0.1, -0.05) is 13.8 Å². The van der Waals surface area contributed by atoms with Crippen molar-refractivity contribution in [2.24, 2.45) is 34.5 Å². The second-order valence-corrected chi connectivity index (χ2v) is 11.9. The fourth-order valence-electron chi connectivity index (χ4n) is 8.86. The van der Waals surface area contributed by atoms with Crippen LogP contribution in [0.2, 0.25) is 0 Å². The summed E-state index contributed by atoms with van der Waals surface area (Å²) in [5.41, 5.74) is -1.61. The molecule has 0 aromatic rings. The van der Waals surface area contributed by atoms with Gasteiger partial charge in [0.05, 0.1) is 6.10 Å². The molecular weight excluding hydrogens is 392 g/mol. The largest absolute Gasteiger partial charge is 0.382 e. The molecule has 1 saturated heterocycles. The first-order chi connectivity index (χ1) is 14.7. The minimum atomic E-state index is -1.25. The molecular formula is C26H40O5. The average Bonchev–Trinajstić information content (AvgIpc) is 3.01. The van der Waals surface area contributed by atoms with Gasteiger partial charge in [-0.3, -0.25) is 9.59 Å². The Bertz CT molecular complexity index is 744. The zero-order valence-electron chi connectivity index (χ0n) is 19.5. The highest BCUT2D eigenvalue weighted by atomic mass is 16.7. The monoisotopic (exact) mass is 432 g/mol. The standard InChI is InChI=1S/C26H40O5/c1-16(27)26(29)12-10-20-19-8-7-17-14-18(28)9-11-24(17,2)23(19)21(15-25(20,26)3)31-22-6-4-5-13-30-22/h17,19-23,29H,4-15H2,1-3H3/t17?,19?,20?,21-,22?,23?,24+,25+,26+/m1/s1. The number of hydrogen-bond donors (Lipinski definition) is 1. The molecule has 1 heterocycles. The van der Waals surface area contributed by atoms with Gasteiger partial charge >= 0.3 is 0 Å². The molecule has 5 fully saturated rings. The van der Waals surface area contributed by atoms with E-state index in [2.05, 4.69) is 13.8 Å². The van der Waals surface area contributed by atoms with Crippen LogP contribution >= 0.6 is 0 Å². The van der Waals surface area contributed by atoms with Crippen molar-refractivity contribution in [1.29, 1.82) is 0 Å². The first-order valence-corrected chi connectivity index (χ1v) is 12.7. The van der Waals surface area contributed by atoms with Gasteiger partial charge in [-0.15, -0.1) is 0 Å². The minimum Gasteiger partial charge on any atom is -0.382 e. The summed E-state index contributed by atoms with van der Waals surface area (Å²) in [5, 5.41) is 11.6. The van der Waals surface area contributed by atoms with Gasteiger partial charge in [-0.2, -0.15) is 0 Å². The lowest BCUT2D eigenvalue weighted by Gasteiger charge is -2.63. The SMILES string of the molecule is CC(=O)[C@@]1(O)CCC2C3CCC4CC(=O)CC[C@]4(C)C3[C@H](OC3CCCCO3)C[C@@]21C. The summed E-state index contributed by atoms with van der Waals surface area (Å²) in [4.78, 5) is 24.9. The van der Waals surface area contributed by atoms with Crippen LogP contribution in [0.1, 0.15) is 91.4 Å². The Morgan fingerprint density at radius 2 is 1.94 bits per heavy atom. The molecule has 5 nitrogen and oxygen atoms in total. The zero-order valence-corrected chi connectivity index (χ0v) is 19.5. The van der Waals surface area contributed by atoms with Gasteiger partial charge in [0.2, 0.25) is 0 Å². The minimum absolute atomic E-state index is 0.0284. The number of ketones is 2. The number of rotatable bonds is 3. The molecule has 0 aromatic carbocycles. The summed E-state index contributed by atoms with van der Waals surface area (Å²) < 4.78 is 12.7. The lowest BCUT2D eigenvalue weighted by atomic mass is 9.43. The zero-order chi connectivity index (χ0) is 22.0. The van der Waals surface area contributed by atoms with E-state index in [0.717, 1.165) is 51.6 Å². The van der Waals surface area contributed by atoms with E-state index in [1.54, 1.807) is 6.92 Å². The second-order valence-electron chi connectivity index (χ2n) is 11.9. The van der Waals surface area contributed by atoms with E-state index in [9.17, 15) is 14.7 Å². The van der Waals surface area contributed by atoms with Gasteiger partial charge in [0.1, 0.15) is 11.4 Å². The van der Waals surface area contributed by atoms with Crippen molar-refractivity contribution in [3.63, 3.8) is 0 Å². The van der Waals surface area contributed by atoms with Gasteiger partial charge in [-0.05, 0) is 93.8 Å². The molecule has 1 N–H and O–H groups in total. The maximum atomic E-state index is 12.7. The maximum Gasteiger partial charge on any atom is 0.161 e. The summed E-state index contributed by atoms with van der Waals surface area (Å²) in [5.74, 6) is 1.92. The van der Waals surface area contributed by atoms with Crippen molar-refractivity contribution in [1.82, 2.24) is 0 Å². The van der Waals surface area contributed by atoms with Crippen LogP contribution in [0.4, 0.5) is 0 Å². The number of carbonyl (C=O) groups excluding carboxylic acids is 2. The van der Waals surface area contributed by atoms with E-state index >= 15 is 0 Å². The highest BCUT2D eigenvalue weighted by molar-refractivity contribution is 5.86. The molecule has 5 rings (SSSR count).